The van der Waals surface area contributed by atoms with Crippen LogP contribution < -0.4 is 4.74 Å². The number of hydrogen-bond donors (Lipinski definition) is 0. The summed E-state index contributed by atoms with van der Waals surface area (Å²) in [4.78, 5) is 7.36. The Kier molecular flexibility index (Phi) is 4.17. The van der Waals surface area contributed by atoms with Crippen LogP contribution >= 0.6 is 22.9 Å². The van der Waals surface area contributed by atoms with Crippen molar-refractivity contribution in [2.75, 3.05) is 7.11 Å². The predicted molar refractivity (Wildman–Crippen MR) is 88.6 cm³/mol. The Hall–Kier alpha value is -1.52. The third-order valence-electron chi connectivity index (χ3n) is 3.54. The van der Waals surface area contributed by atoms with Crippen LogP contribution in [0.1, 0.15) is 22.5 Å². The van der Waals surface area contributed by atoms with Crippen LogP contribution in [0.15, 0.2) is 30.3 Å². The molecule has 1 aromatic carbocycles. The van der Waals surface area contributed by atoms with Crippen LogP contribution in [0.4, 0.5) is 0 Å². The molecule has 3 rings (SSSR count). The molecule has 0 spiro atoms. The highest BCUT2D eigenvalue weighted by Crippen LogP contribution is 2.28. The minimum Gasteiger partial charge on any atom is -0.494 e. The van der Waals surface area contributed by atoms with E-state index < -0.39 is 0 Å². The average molecular weight is 321 g/mol. The number of alkyl halides is 1. The van der Waals surface area contributed by atoms with Crippen molar-refractivity contribution in [2.45, 2.75) is 25.8 Å². The van der Waals surface area contributed by atoms with Crippen molar-refractivity contribution in [1.29, 1.82) is 0 Å². The average Bonchev–Trinajstić information content (AvgIpc) is 3.12. The van der Waals surface area contributed by atoms with Crippen LogP contribution in [0, 0.1) is 0 Å². The van der Waals surface area contributed by atoms with Crippen LogP contribution in [-0.2, 0) is 18.8 Å². The van der Waals surface area contributed by atoms with E-state index in [4.69, 9.17) is 16.3 Å². The van der Waals surface area contributed by atoms with E-state index in [9.17, 15) is 0 Å². The molecule has 0 aliphatic rings. The van der Waals surface area contributed by atoms with E-state index in [0.717, 1.165) is 35.6 Å². The normalized spacial score (nSPS) is 11.2. The van der Waals surface area contributed by atoms with E-state index in [1.54, 1.807) is 7.11 Å². The molecule has 2 heterocycles. The summed E-state index contributed by atoms with van der Waals surface area (Å²) >= 11 is 7.92. The maximum Gasteiger partial charge on any atom is 0.146 e. The molecular weight excluding hydrogens is 304 g/mol. The van der Waals surface area contributed by atoms with E-state index in [1.807, 2.05) is 23.5 Å². The number of nitrogens with zero attached hydrogens (tertiary/aromatic N) is 2. The van der Waals surface area contributed by atoms with Gasteiger partial charge in [-0.05, 0) is 30.7 Å². The lowest BCUT2D eigenvalue weighted by atomic mass is 10.3. The fourth-order valence-electron chi connectivity index (χ4n) is 2.47. The zero-order valence-corrected chi connectivity index (χ0v) is 13.7. The van der Waals surface area contributed by atoms with Gasteiger partial charge in [-0.2, -0.15) is 0 Å². The zero-order chi connectivity index (χ0) is 14.8. The first-order valence-electron chi connectivity index (χ1n) is 6.92. The quantitative estimate of drug-likeness (QED) is 0.649. The number of imidazole rings is 1. The molecule has 3 nitrogen and oxygen atoms in total. The minimum atomic E-state index is 0.393. The van der Waals surface area contributed by atoms with Gasteiger partial charge in [0, 0.05) is 9.75 Å². The van der Waals surface area contributed by atoms with E-state index >= 15 is 0 Å². The maximum atomic E-state index is 6.08. The van der Waals surface area contributed by atoms with Crippen LogP contribution in [0.5, 0.6) is 5.75 Å². The molecule has 0 unspecified atom stereocenters. The maximum absolute atomic E-state index is 6.08. The highest BCUT2D eigenvalue weighted by atomic mass is 35.5. The summed E-state index contributed by atoms with van der Waals surface area (Å²) in [6.45, 7) is 2.98. The smallest absolute Gasteiger partial charge is 0.146 e. The molecule has 0 atom stereocenters. The highest BCUT2D eigenvalue weighted by Gasteiger charge is 2.14. The Labute approximate surface area is 133 Å². The number of aryl methyl sites for hydroxylation is 1. The van der Waals surface area contributed by atoms with Crippen molar-refractivity contribution in [2.24, 2.45) is 0 Å². The second kappa shape index (κ2) is 6.08. The first-order valence-corrected chi connectivity index (χ1v) is 8.27. The zero-order valence-electron chi connectivity index (χ0n) is 12.1. The van der Waals surface area contributed by atoms with Crippen LogP contribution in [0.2, 0.25) is 0 Å². The summed E-state index contributed by atoms with van der Waals surface area (Å²) in [5.41, 5.74) is 1.94. The molecule has 0 bridgehead atoms. The van der Waals surface area contributed by atoms with Crippen molar-refractivity contribution < 1.29 is 4.74 Å². The van der Waals surface area contributed by atoms with Crippen molar-refractivity contribution in [3.05, 3.63) is 45.9 Å². The second-order valence-corrected chi connectivity index (χ2v) is 6.32. The Bertz CT molecular complexity index is 763. The molecule has 0 fully saturated rings. The van der Waals surface area contributed by atoms with Gasteiger partial charge in [-0.1, -0.05) is 13.0 Å². The molecule has 0 saturated heterocycles. The summed E-state index contributed by atoms with van der Waals surface area (Å²) in [6, 6.07) is 10.4. The minimum absolute atomic E-state index is 0.393. The number of fused-ring (bicyclic) bond motifs is 1. The molecule has 5 heteroatoms. The van der Waals surface area contributed by atoms with Gasteiger partial charge in [0.1, 0.15) is 17.1 Å². The molecule has 0 saturated carbocycles. The molecule has 110 valence electrons. The topological polar surface area (TPSA) is 27.1 Å². The number of aromatic nitrogens is 2. The van der Waals surface area contributed by atoms with Gasteiger partial charge in [0.2, 0.25) is 0 Å². The molecule has 0 radical (unpaired) electrons. The monoisotopic (exact) mass is 320 g/mol. The van der Waals surface area contributed by atoms with Crippen LogP contribution in [-0.4, -0.2) is 16.7 Å². The predicted octanol–water partition coefficient (Wildman–Crippen LogP) is 4.46. The molecule has 0 aliphatic carbocycles. The van der Waals surface area contributed by atoms with E-state index in [1.165, 1.54) is 9.75 Å². The van der Waals surface area contributed by atoms with Gasteiger partial charge >= 0.3 is 0 Å². The summed E-state index contributed by atoms with van der Waals surface area (Å²) in [7, 11) is 1.67. The third-order valence-corrected chi connectivity index (χ3v) is 4.99. The van der Waals surface area contributed by atoms with Crippen LogP contribution in [0.3, 0.4) is 0 Å². The number of thiophene rings is 1. The number of para-hydroxylation sites is 1. The van der Waals surface area contributed by atoms with Crippen LogP contribution in [0.25, 0.3) is 11.0 Å². The second-order valence-electron chi connectivity index (χ2n) is 4.80. The lowest BCUT2D eigenvalue weighted by Crippen LogP contribution is -2.02. The summed E-state index contributed by atoms with van der Waals surface area (Å²) in [6.07, 6.45) is 1.07. The Morgan fingerprint density at radius 2 is 2.05 bits per heavy atom. The van der Waals surface area contributed by atoms with Crippen molar-refractivity contribution >= 4 is 34.0 Å². The van der Waals surface area contributed by atoms with Gasteiger partial charge in [-0.25, -0.2) is 4.98 Å². The highest BCUT2D eigenvalue weighted by molar-refractivity contribution is 7.11. The van der Waals surface area contributed by atoms with E-state index in [-0.39, 0.29) is 0 Å². The number of benzene rings is 1. The van der Waals surface area contributed by atoms with Gasteiger partial charge in [0.25, 0.3) is 0 Å². The molecule has 2 aromatic heterocycles. The third kappa shape index (κ3) is 2.65. The fraction of sp³-hybridized carbons (Fsp3) is 0.312. The number of hydrogen-bond acceptors (Lipinski definition) is 3. The molecule has 0 N–H and O–H groups in total. The molecular formula is C16H17ClN2OS. The van der Waals surface area contributed by atoms with Crippen molar-refractivity contribution in [3.8, 4) is 5.75 Å². The summed E-state index contributed by atoms with van der Waals surface area (Å²) in [5.74, 6) is 2.06. The Morgan fingerprint density at radius 3 is 2.71 bits per heavy atom. The largest absolute Gasteiger partial charge is 0.494 e. The SMILES string of the molecule is CCc1ccc(Cn2c(CCl)nc3c(OC)cccc32)s1. The number of methoxy groups -OCH3 is 1. The van der Waals surface area contributed by atoms with Gasteiger partial charge in [0.05, 0.1) is 25.1 Å². The standard InChI is InChI=1S/C16H17ClN2OS/c1-3-11-7-8-12(21-11)10-19-13-5-4-6-14(20-2)16(13)18-15(19)9-17/h4-8H,3,9-10H2,1-2H3. The lowest BCUT2D eigenvalue weighted by molar-refractivity contribution is 0.419. The summed E-state index contributed by atoms with van der Waals surface area (Å²) < 4.78 is 7.57. The summed E-state index contributed by atoms with van der Waals surface area (Å²) in [5, 5.41) is 0. The van der Waals surface area contributed by atoms with Gasteiger partial charge in [-0.3, -0.25) is 0 Å². The number of halogens is 1. The molecule has 0 aliphatic heterocycles. The molecule has 21 heavy (non-hydrogen) atoms. The fourth-order valence-corrected chi connectivity index (χ4v) is 3.62. The number of ether oxygens (including phenoxy) is 1. The van der Waals surface area contributed by atoms with Crippen molar-refractivity contribution in [1.82, 2.24) is 9.55 Å². The number of rotatable bonds is 5. The molecule has 3 aromatic rings. The first kappa shape index (κ1) is 14.4. The first-order chi connectivity index (χ1) is 10.3. The van der Waals surface area contributed by atoms with E-state index in [2.05, 4.69) is 34.7 Å². The Balaban J connectivity index is 2.07. The molecule has 0 amide bonds. The van der Waals surface area contributed by atoms with Gasteiger partial charge < -0.3 is 9.30 Å². The van der Waals surface area contributed by atoms with E-state index in [0.29, 0.717) is 5.88 Å². The lowest BCUT2D eigenvalue weighted by Gasteiger charge is -2.06. The van der Waals surface area contributed by atoms with Gasteiger partial charge in [0.15, 0.2) is 0 Å². The Morgan fingerprint density at radius 1 is 1.24 bits per heavy atom. The van der Waals surface area contributed by atoms with Crippen molar-refractivity contribution in [3.63, 3.8) is 0 Å². The van der Waals surface area contributed by atoms with Gasteiger partial charge in [-0.15, -0.1) is 22.9 Å².